The van der Waals surface area contributed by atoms with E-state index >= 15 is 0 Å². The molecule has 6 heteroatoms. The number of thiophene rings is 1. The first-order valence-electron chi connectivity index (χ1n) is 8.27. The zero-order valence-corrected chi connectivity index (χ0v) is 15.6. The first-order chi connectivity index (χ1) is 12.0. The molecular weight excluding hydrogens is 338 g/mol. The molecule has 0 saturated carbocycles. The number of benzene rings is 1. The minimum absolute atomic E-state index is 0.136. The summed E-state index contributed by atoms with van der Waals surface area (Å²) in [6.45, 7) is 6.31. The van der Waals surface area contributed by atoms with Crippen LogP contribution in [0.5, 0.6) is 5.75 Å². The minimum Gasteiger partial charge on any atom is -0.494 e. The molecule has 0 bridgehead atoms. The van der Waals surface area contributed by atoms with Gasteiger partial charge in [-0.1, -0.05) is 18.2 Å². The normalized spacial score (nSPS) is 10.4. The van der Waals surface area contributed by atoms with E-state index < -0.39 is 5.97 Å². The van der Waals surface area contributed by atoms with Crippen molar-refractivity contribution in [2.75, 3.05) is 18.5 Å². The first-order valence-corrected chi connectivity index (χ1v) is 9.09. The fourth-order valence-corrected chi connectivity index (χ4v) is 3.36. The van der Waals surface area contributed by atoms with Crippen molar-refractivity contribution in [3.05, 3.63) is 46.3 Å². The number of esters is 1. The van der Waals surface area contributed by atoms with Crippen LogP contribution >= 0.6 is 11.3 Å². The smallest absolute Gasteiger partial charge is 0.341 e. The molecule has 1 amide bonds. The maximum Gasteiger partial charge on any atom is 0.341 e. The Morgan fingerprint density at radius 3 is 2.56 bits per heavy atom. The molecule has 2 aromatic rings. The average molecular weight is 361 g/mol. The molecule has 0 spiro atoms. The Labute approximate surface area is 152 Å². The number of anilines is 1. The van der Waals surface area contributed by atoms with Gasteiger partial charge in [0, 0.05) is 11.3 Å². The Morgan fingerprint density at radius 2 is 1.88 bits per heavy atom. The van der Waals surface area contributed by atoms with Gasteiger partial charge in [-0.25, -0.2) is 4.79 Å². The Hall–Kier alpha value is -2.34. The molecule has 0 aliphatic carbocycles. The Kier molecular flexibility index (Phi) is 7.01. The van der Waals surface area contributed by atoms with Crippen LogP contribution in [-0.2, 0) is 9.53 Å². The topological polar surface area (TPSA) is 64.6 Å². The number of aryl methyl sites for hydroxylation is 1. The molecule has 1 aromatic carbocycles. The molecule has 0 radical (unpaired) electrons. The zero-order valence-electron chi connectivity index (χ0n) is 14.8. The van der Waals surface area contributed by atoms with Crippen LogP contribution in [0.15, 0.2) is 30.3 Å². The molecule has 1 heterocycles. The zero-order chi connectivity index (χ0) is 18.2. The molecule has 0 fully saturated rings. The van der Waals surface area contributed by atoms with Gasteiger partial charge < -0.3 is 14.8 Å². The van der Waals surface area contributed by atoms with Gasteiger partial charge in [0.25, 0.3) is 0 Å². The Bertz CT molecular complexity index is 725. The van der Waals surface area contributed by atoms with Gasteiger partial charge in [-0.3, -0.25) is 4.79 Å². The lowest BCUT2D eigenvalue weighted by Gasteiger charge is -2.08. The first kappa shape index (κ1) is 19.0. The lowest BCUT2D eigenvalue weighted by molar-refractivity contribution is -0.116. The molecule has 25 heavy (non-hydrogen) atoms. The number of hydrogen-bond acceptors (Lipinski definition) is 5. The average Bonchev–Trinajstić information content (AvgIpc) is 2.87. The van der Waals surface area contributed by atoms with Crippen LogP contribution in [-0.4, -0.2) is 25.1 Å². The number of carbonyl (C=O) groups is 2. The van der Waals surface area contributed by atoms with E-state index in [4.69, 9.17) is 9.47 Å². The van der Waals surface area contributed by atoms with Crippen LogP contribution < -0.4 is 10.1 Å². The summed E-state index contributed by atoms with van der Waals surface area (Å²) in [4.78, 5) is 25.3. The number of hydrogen-bond donors (Lipinski definition) is 1. The van der Waals surface area contributed by atoms with Crippen LogP contribution in [0.4, 0.5) is 5.00 Å². The van der Waals surface area contributed by atoms with Crippen LogP contribution in [0.1, 0.15) is 40.6 Å². The number of para-hydroxylation sites is 1. The third kappa shape index (κ3) is 5.32. The monoisotopic (exact) mass is 361 g/mol. The molecule has 1 N–H and O–H groups in total. The van der Waals surface area contributed by atoms with E-state index in [1.807, 2.05) is 44.2 Å². The number of nitrogens with one attached hydrogen (secondary N) is 1. The second-order valence-electron chi connectivity index (χ2n) is 5.52. The molecule has 0 aliphatic rings. The van der Waals surface area contributed by atoms with E-state index in [0.717, 1.165) is 16.2 Å². The number of ether oxygens (including phenoxy) is 2. The van der Waals surface area contributed by atoms with Crippen LogP contribution in [0.2, 0.25) is 0 Å². The van der Waals surface area contributed by atoms with Gasteiger partial charge in [0.05, 0.1) is 18.8 Å². The van der Waals surface area contributed by atoms with E-state index in [2.05, 4.69) is 5.32 Å². The number of carbonyl (C=O) groups excluding carboxylic acids is 2. The summed E-state index contributed by atoms with van der Waals surface area (Å²) >= 11 is 1.40. The molecule has 0 saturated heterocycles. The largest absolute Gasteiger partial charge is 0.494 e. The summed E-state index contributed by atoms with van der Waals surface area (Å²) in [5.41, 5.74) is 1.31. The van der Waals surface area contributed by atoms with Crippen molar-refractivity contribution in [1.82, 2.24) is 0 Å². The molecule has 2 rings (SSSR count). The second-order valence-corrected chi connectivity index (χ2v) is 6.75. The maximum atomic E-state index is 12.2. The fraction of sp³-hybridized carbons (Fsp3) is 0.368. The van der Waals surface area contributed by atoms with Crippen molar-refractivity contribution in [3.8, 4) is 5.75 Å². The summed E-state index contributed by atoms with van der Waals surface area (Å²) in [5.74, 6) is 0.257. The third-order valence-electron chi connectivity index (χ3n) is 3.68. The molecule has 1 aromatic heterocycles. The van der Waals surface area contributed by atoms with Gasteiger partial charge in [-0.15, -0.1) is 11.3 Å². The summed E-state index contributed by atoms with van der Waals surface area (Å²) in [5, 5.41) is 3.39. The molecular formula is C19H23NO4S. The van der Waals surface area contributed by atoms with Crippen LogP contribution in [0, 0.1) is 13.8 Å². The molecule has 5 nitrogen and oxygen atoms in total. The van der Waals surface area contributed by atoms with Gasteiger partial charge in [0.1, 0.15) is 10.8 Å². The number of rotatable bonds is 8. The Morgan fingerprint density at radius 1 is 1.16 bits per heavy atom. The highest BCUT2D eigenvalue weighted by Gasteiger charge is 2.21. The van der Waals surface area contributed by atoms with E-state index in [1.165, 1.54) is 11.3 Å². The van der Waals surface area contributed by atoms with Gasteiger partial charge in [-0.05, 0) is 44.9 Å². The Balaban J connectivity index is 1.88. The predicted octanol–water partition coefficient (Wildman–Crippen LogP) is 4.34. The summed E-state index contributed by atoms with van der Waals surface area (Å²) in [6.07, 6.45) is 0.921. The van der Waals surface area contributed by atoms with Crippen LogP contribution in [0.25, 0.3) is 0 Å². The SMILES string of the molecule is CCOC(=O)c1c(NC(=O)CCCOc2ccccc2)sc(C)c1C. The van der Waals surface area contributed by atoms with Crippen molar-refractivity contribution in [3.63, 3.8) is 0 Å². The summed E-state index contributed by atoms with van der Waals surface area (Å²) in [7, 11) is 0. The summed E-state index contributed by atoms with van der Waals surface area (Å²) < 4.78 is 10.7. The van der Waals surface area contributed by atoms with E-state index in [-0.39, 0.29) is 5.91 Å². The van der Waals surface area contributed by atoms with E-state index in [9.17, 15) is 9.59 Å². The highest BCUT2D eigenvalue weighted by Crippen LogP contribution is 2.33. The highest BCUT2D eigenvalue weighted by molar-refractivity contribution is 7.16. The van der Waals surface area contributed by atoms with Crippen molar-refractivity contribution >= 4 is 28.2 Å². The molecule has 134 valence electrons. The molecule has 0 aliphatic heterocycles. The van der Waals surface area contributed by atoms with Crippen molar-refractivity contribution in [2.24, 2.45) is 0 Å². The maximum absolute atomic E-state index is 12.2. The van der Waals surface area contributed by atoms with Gasteiger partial charge >= 0.3 is 5.97 Å². The van der Waals surface area contributed by atoms with E-state index in [1.54, 1.807) is 6.92 Å². The fourth-order valence-electron chi connectivity index (χ4n) is 2.29. The lowest BCUT2D eigenvalue weighted by atomic mass is 10.1. The third-order valence-corrected chi connectivity index (χ3v) is 4.80. The highest BCUT2D eigenvalue weighted by atomic mass is 32.1. The van der Waals surface area contributed by atoms with E-state index in [0.29, 0.717) is 36.6 Å². The second kappa shape index (κ2) is 9.22. The minimum atomic E-state index is -0.396. The standard InChI is InChI=1S/C19H23NO4S/c1-4-23-19(22)17-13(2)14(3)25-18(17)20-16(21)11-8-12-24-15-9-6-5-7-10-15/h5-7,9-10H,4,8,11-12H2,1-3H3,(H,20,21). The predicted molar refractivity (Wildman–Crippen MR) is 99.6 cm³/mol. The van der Waals surface area contributed by atoms with Gasteiger partial charge in [-0.2, -0.15) is 0 Å². The quantitative estimate of drug-likeness (QED) is 0.561. The van der Waals surface area contributed by atoms with Gasteiger partial charge in [0.15, 0.2) is 0 Å². The summed E-state index contributed by atoms with van der Waals surface area (Å²) in [6, 6.07) is 9.49. The molecule has 0 atom stereocenters. The van der Waals surface area contributed by atoms with Crippen LogP contribution in [0.3, 0.4) is 0 Å². The molecule has 0 unspecified atom stereocenters. The number of amides is 1. The van der Waals surface area contributed by atoms with Crippen molar-refractivity contribution < 1.29 is 19.1 Å². The van der Waals surface area contributed by atoms with Crippen molar-refractivity contribution in [1.29, 1.82) is 0 Å². The lowest BCUT2D eigenvalue weighted by Crippen LogP contribution is -2.15. The van der Waals surface area contributed by atoms with Gasteiger partial charge in [0.2, 0.25) is 5.91 Å². The van der Waals surface area contributed by atoms with Crippen molar-refractivity contribution in [2.45, 2.75) is 33.6 Å².